The highest BCUT2D eigenvalue weighted by Crippen LogP contribution is 2.33. The molecule has 1 N–H and O–H groups in total. The molecule has 3 rings (SSSR count). The lowest BCUT2D eigenvalue weighted by atomic mass is 9.85. The number of Topliss-reactive ketones (excluding diaryl/α,β-unsaturated/α-hetero) is 1. The van der Waals surface area contributed by atoms with Gasteiger partial charge >= 0.3 is 0 Å². The van der Waals surface area contributed by atoms with Gasteiger partial charge in [0.05, 0.1) is 4.91 Å². The van der Waals surface area contributed by atoms with Crippen LogP contribution in [0.2, 0.25) is 0 Å². The van der Waals surface area contributed by atoms with E-state index in [1.165, 1.54) is 17.8 Å². The summed E-state index contributed by atoms with van der Waals surface area (Å²) < 4.78 is 0. The minimum Gasteiger partial charge on any atom is -0.382 e. The average molecular weight is 344 g/mol. The molecule has 0 radical (unpaired) electrons. The molecule has 0 saturated heterocycles. The number of anilines is 1. The van der Waals surface area contributed by atoms with E-state index in [2.05, 4.69) is 10.5 Å². The molecule has 1 aromatic rings. The molecule has 0 saturated carbocycles. The third-order valence-electron chi connectivity index (χ3n) is 3.67. The molecule has 24 heavy (non-hydrogen) atoms. The van der Waals surface area contributed by atoms with Crippen molar-refractivity contribution >= 4 is 40.6 Å². The van der Waals surface area contributed by atoms with Crippen LogP contribution in [0.4, 0.5) is 5.69 Å². The summed E-state index contributed by atoms with van der Waals surface area (Å²) in [7, 11) is 0. The monoisotopic (exact) mass is 344 g/mol. The van der Waals surface area contributed by atoms with Gasteiger partial charge in [-0.25, -0.2) is 0 Å². The van der Waals surface area contributed by atoms with Crippen LogP contribution in [-0.2, 0) is 19.2 Å². The number of oxime groups is 1. The van der Waals surface area contributed by atoms with Crippen LogP contribution in [0.1, 0.15) is 13.3 Å². The quantitative estimate of drug-likeness (QED) is 0.885. The number of allylic oxidation sites excluding steroid dienone is 1. The van der Waals surface area contributed by atoms with Crippen LogP contribution in [-0.4, -0.2) is 35.0 Å². The normalized spacial score (nSPS) is 22.4. The van der Waals surface area contributed by atoms with Gasteiger partial charge in [0.25, 0.3) is 5.91 Å². The molecule has 0 bridgehead atoms. The Morgan fingerprint density at radius 2 is 2.04 bits per heavy atom. The van der Waals surface area contributed by atoms with Gasteiger partial charge in [-0.1, -0.05) is 30.3 Å². The van der Waals surface area contributed by atoms with Crippen LogP contribution in [0.15, 0.2) is 46.5 Å². The Morgan fingerprint density at radius 1 is 1.29 bits per heavy atom. The Hall–Kier alpha value is -2.41. The fourth-order valence-electron chi connectivity index (χ4n) is 2.51. The first-order valence-corrected chi connectivity index (χ1v) is 8.63. The Kier molecular flexibility index (Phi) is 4.80. The Labute approximate surface area is 143 Å². The van der Waals surface area contributed by atoms with Crippen molar-refractivity contribution in [3.63, 3.8) is 0 Å². The van der Waals surface area contributed by atoms with Crippen LogP contribution < -0.4 is 5.32 Å². The van der Waals surface area contributed by atoms with Crippen LogP contribution in [0.25, 0.3) is 0 Å². The van der Waals surface area contributed by atoms with Crippen LogP contribution in [0, 0.1) is 5.92 Å². The van der Waals surface area contributed by atoms with E-state index in [0.717, 1.165) is 12.2 Å². The van der Waals surface area contributed by atoms with E-state index in [1.807, 2.05) is 13.0 Å². The van der Waals surface area contributed by atoms with Crippen molar-refractivity contribution in [1.29, 1.82) is 0 Å². The molecule has 124 valence electrons. The summed E-state index contributed by atoms with van der Waals surface area (Å²) in [5, 5.41) is 6.38. The second-order valence-electron chi connectivity index (χ2n) is 5.42. The molecule has 2 atom stereocenters. The first kappa shape index (κ1) is 16.4. The van der Waals surface area contributed by atoms with Crippen molar-refractivity contribution in [2.75, 3.05) is 11.1 Å². The third kappa shape index (κ3) is 3.12. The molecular formula is C17H16N2O4S. The number of rotatable bonds is 5. The van der Waals surface area contributed by atoms with Gasteiger partial charge in [0.1, 0.15) is 5.92 Å². The summed E-state index contributed by atoms with van der Waals surface area (Å²) in [4.78, 5) is 42.7. The summed E-state index contributed by atoms with van der Waals surface area (Å²) in [6, 6.07) is 8.84. The summed E-state index contributed by atoms with van der Waals surface area (Å²) in [5.41, 5.74) is 0.532. The number of nitrogens with one attached hydrogen (secondary N) is 1. The molecule has 0 spiro atoms. The standard InChI is InChI=1S/C17H16N2O4S/c1-2-8-24-12-9-11(20)16-13(15(12)21)14(19-23-16)17(22)18-10-6-4-3-5-7-10/h3-7,9,13,16H,2,8H2,1H3,(H,18,22). The van der Waals surface area contributed by atoms with E-state index in [9.17, 15) is 14.4 Å². The minimum atomic E-state index is -1.03. The maximum atomic E-state index is 12.6. The first-order valence-electron chi connectivity index (χ1n) is 7.64. The topological polar surface area (TPSA) is 84.8 Å². The minimum absolute atomic E-state index is 0.0510. The highest BCUT2D eigenvalue weighted by atomic mass is 32.2. The zero-order valence-corrected chi connectivity index (χ0v) is 13.8. The van der Waals surface area contributed by atoms with Crippen LogP contribution >= 0.6 is 11.8 Å². The molecule has 1 heterocycles. The fourth-order valence-corrected chi connectivity index (χ4v) is 3.41. The lowest BCUT2D eigenvalue weighted by Gasteiger charge is -2.21. The summed E-state index contributed by atoms with van der Waals surface area (Å²) in [6.07, 6.45) is 1.15. The molecule has 2 aliphatic rings. The maximum absolute atomic E-state index is 12.6. The van der Waals surface area contributed by atoms with Gasteiger partial charge in [0.2, 0.25) is 11.9 Å². The number of amides is 1. The van der Waals surface area contributed by atoms with Crippen molar-refractivity contribution in [3.05, 3.63) is 41.3 Å². The number of carbonyl (C=O) groups is 3. The van der Waals surface area contributed by atoms with Gasteiger partial charge in [-0.3, -0.25) is 14.4 Å². The average Bonchev–Trinajstić information content (AvgIpc) is 3.04. The molecule has 7 heteroatoms. The molecule has 2 unspecified atom stereocenters. The molecule has 1 aromatic carbocycles. The van der Waals surface area contributed by atoms with E-state index in [-0.39, 0.29) is 17.3 Å². The summed E-state index contributed by atoms with van der Waals surface area (Å²) in [5.74, 6) is -1.38. The predicted octanol–water partition coefficient (Wildman–Crippen LogP) is 2.17. The number of nitrogens with zero attached hydrogens (tertiary/aromatic N) is 1. The van der Waals surface area contributed by atoms with Crippen molar-refractivity contribution in [3.8, 4) is 0 Å². The highest BCUT2D eigenvalue weighted by Gasteiger charge is 2.49. The van der Waals surface area contributed by atoms with E-state index in [4.69, 9.17) is 4.84 Å². The first-order chi connectivity index (χ1) is 11.6. The van der Waals surface area contributed by atoms with Crippen molar-refractivity contribution in [2.24, 2.45) is 11.1 Å². The van der Waals surface area contributed by atoms with Gasteiger partial charge in [-0.2, -0.15) is 0 Å². The molecule has 0 aromatic heterocycles. The van der Waals surface area contributed by atoms with E-state index < -0.39 is 17.9 Å². The number of fused-ring (bicyclic) bond motifs is 1. The van der Waals surface area contributed by atoms with E-state index in [1.54, 1.807) is 24.3 Å². The molecule has 1 amide bonds. The number of hydrogen-bond acceptors (Lipinski definition) is 6. The molecule has 1 aliphatic heterocycles. The number of ketones is 2. The molecular weight excluding hydrogens is 328 g/mol. The number of thioether (sulfide) groups is 1. The maximum Gasteiger partial charge on any atom is 0.274 e. The molecule has 1 aliphatic carbocycles. The Morgan fingerprint density at radius 3 is 2.75 bits per heavy atom. The number of hydrogen-bond donors (Lipinski definition) is 1. The number of carbonyl (C=O) groups excluding carboxylic acids is 3. The second kappa shape index (κ2) is 7.00. The van der Waals surface area contributed by atoms with Crippen LogP contribution in [0.5, 0.6) is 0 Å². The second-order valence-corrected chi connectivity index (χ2v) is 6.56. The zero-order chi connectivity index (χ0) is 17.1. The highest BCUT2D eigenvalue weighted by molar-refractivity contribution is 8.04. The van der Waals surface area contributed by atoms with Crippen LogP contribution in [0.3, 0.4) is 0 Å². The molecule has 6 nitrogen and oxygen atoms in total. The lowest BCUT2D eigenvalue weighted by Crippen LogP contribution is -2.43. The summed E-state index contributed by atoms with van der Waals surface area (Å²) in [6.45, 7) is 1.99. The van der Waals surface area contributed by atoms with Gasteiger partial charge in [-0.15, -0.1) is 11.8 Å². The van der Waals surface area contributed by atoms with E-state index >= 15 is 0 Å². The van der Waals surface area contributed by atoms with Crippen molar-refractivity contribution in [1.82, 2.24) is 0 Å². The smallest absolute Gasteiger partial charge is 0.274 e. The van der Waals surface area contributed by atoms with Gasteiger partial charge in [0.15, 0.2) is 11.5 Å². The lowest BCUT2D eigenvalue weighted by molar-refractivity contribution is -0.133. The Bertz CT molecular complexity index is 742. The predicted molar refractivity (Wildman–Crippen MR) is 91.7 cm³/mol. The zero-order valence-electron chi connectivity index (χ0n) is 13.0. The van der Waals surface area contributed by atoms with Crippen molar-refractivity contribution < 1.29 is 19.2 Å². The van der Waals surface area contributed by atoms with Gasteiger partial charge in [0, 0.05) is 11.8 Å². The van der Waals surface area contributed by atoms with Gasteiger partial charge < -0.3 is 10.2 Å². The fraction of sp³-hybridized carbons (Fsp3) is 0.294. The number of benzene rings is 1. The summed E-state index contributed by atoms with van der Waals surface area (Å²) >= 11 is 1.32. The molecule has 0 fully saturated rings. The van der Waals surface area contributed by atoms with Crippen molar-refractivity contribution in [2.45, 2.75) is 19.4 Å². The largest absolute Gasteiger partial charge is 0.382 e. The van der Waals surface area contributed by atoms with Gasteiger partial charge in [-0.05, 0) is 24.3 Å². The Balaban J connectivity index is 1.79. The third-order valence-corrected chi connectivity index (χ3v) is 4.91. The SMILES string of the molecule is CCCSC1=CC(=O)C2ON=C(C(=O)Nc3ccccc3)C2C1=O. The van der Waals surface area contributed by atoms with E-state index in [0.29, 0.717) is 10.6 Å². The number of para-hydroxylation sites is 1.